The van der Waals surface area contributed by atoms with Gasteiger partial charge in [0.1, 0.15) is 6.29 Å². The van der Waals surface area contributed by atoms with Gasteiger partial charge in [-0.3, -0.25) is 10.1 Å². The maximum absolute atomic E-state index is 13.6. The molecule has 0 aliphatic rings. The molecule has 1 unspecified atom stereocenters. The van der Waals surface area contributed by atoms with Crippen LogP contribution in [0.4, 0.5) is 10.1 Å². The standard InChI is InChI=1S/C11H10FN2O7PS2/c12-10-5-8(14(15)16)1-2-11(10)21-22(17,18)7-13-24(19,20)9-3-4-23-6-9/h1-6,13H,7H2,(H,17,18). The molecular formula is C11H10FN2O7PS2. The Bertz CT molecular complexity index is 901. The van der Waals surface area contributed by atoms with E-state index >= 15 is 0 Å². The van der Waals surface area contributed by atoms with E-state index in [0.717, 1.165) is 23.5 Å². The molecule has 130 valence electrons. The molecule has 2 aromatic rings. The fourth-order valence-electron chi connectivity index (χ4n) is 1.52. The van der Waals surface area contributed by atoms with Crippen molar-refractivity contribution in [1.82, 2.24) is 4.72 Å². The van der Waals surface area contributed by atoms with Crippen LogP contribution in [0.15, 0.2) is 39.9 Å². The average molecular weight is 396 g/mol. The first-order valence-electron chi connectivity index (χ1n) is 6.08. The molecule has 0 aliphatic carbocycles. The predicted octanol–water partition coefficient (Wildman–Crippen LogP) is 2.30. The molecule has 1 aromatic carbocycles. The first-order chi connectivity index (χ1) is 11.1. The monoisotopic (exact) mass is 396 g/mol. The van der Waals surface area contributed by atoms with Crippen molar-refractivity contribution in [2.24, 2.45) is 0 Å². The number of benzene rings is 1. The lowest BCUT2D eigenvalue weighted by Crippen LogP contribution is -2.25. The van der Waals surface area contributed by atoms with Crippen LogP contribution in [0, 0.1) is 15.9 Å². The lowest BCUT2D eigenvalue weighted by atomic mass is 10.3. The minimum atomic E-state index is -4.58. The number of halogens is 1. The van der Waals surface area contributed by atoms with Crippen LogP contribution >= 0.6 is 18.9 Å². The third-order valence-electron chi connectivity index (χ3n) is 2.63. The molecule has 1 aromatic heterocycles. The summed E-state index contributed by atoms with van der Waals surface area (Å²) >= 11 is 1.12. The van der Waals surface area contributed by atoms with Gasteiger partial charge in [-0.2, -0.15) is 16.1 Å². The van der Waals surface area contributed by atoms with Crippen molar-refractivity contribution in [2.45, 2.75) is 4.90 Å². The lowest BCUT2D eigenvalue weighted by Gasteiger charge is -2.14. The van der Waals surface area contributed by atoms with Crippen LogP contribution in [0.5, 0.6) is 5.75 Å². The Morgan fingerprint density at radius 3 is 2.67 bits per heavy atom. The molecular weight excluding hydrogens is 386 g/mol. The quantitative estimate of drug-likeness (QED) is 0.416. The van der Waals surface area contributed by atoms with E-state index in [1.54, 1.807) is 0 Å². The van der Waals surface area contributed by atoms with Crippen molar-refractivity contribution in [3.63, 3.8) is 0 Å². The molecule has 0 aliphatic heterocycles. The number of nitrogens with zero attached hydrogens (tertiary/aromatic N) is 1. The van der Waals surface area contributed by atoms with Crippen molar-refractivity contribution >= 4 is 34.6 Å². The van der Waals surface area contributed by atoms with Crippen molar-refractivity contribution in [3.8, 4) is 5.75 Å². The summed E-state index contributed by atoms with van der Waals surface area (Å²) in [5.74, 6) is -1.93. The topological polar surface area (TPSA) is 136 Å². The van der Waals surface area contributed by atoms with Crippen LogP contribution in [-0.2, 0) is 14.6 Å². The van der Waals surface area contributed by atoms with Crippen molar-refractivity contribution in [1.29, 1.82) is 0 Å². The fourth-order valence-corrected chi connectivity index (χ4v) is 5.06. The Labute approximate surface area is 139 Å². The first-order valence-corrected chi connectivity index (χ1v) is 10.3. The zero-order chi connectivity index (χ0) is 18.0. The van der Waals surface area contributed by atoms with Gasteiger partial charge in [0.25, 0.3) is 5.69 Å². The summed E-state index contributed by atoms with van der Waals surface area (Å²) in [6, 6.07) is 3.51. The second kappa shape index (κ2) is 6.95. The molecule has 0 spiro atoms. The van der Waals surface area contributed by atoms with E-state index in [0.29, 0.717) is 6.07 Å². The van der Waals surface area contributed by atoms with Crippen molar-refractivity contribution < 1.29 is 31.7 Å². The van der Waals surface area contributed by atoms with E-state index in [4.69, 9.17) is 0 Å². The highest BCUT2D eigenvalue weighted by Gasteiger charge is 2.27. The van der Waals surface area contributed by atoms with E-state index in [1.807, 2.05) is 4.72 Å². The number of sulfonamides is 1. The van der Waals surface area contributed by atoms with Gasteiger partial charge in [0.15, 0.2) is 11.6 Å². The van der Waals surface area contributed by atoms with Crippen LogP contribution in [-0.4, -0.2) is 24.5 Å². The summed E-state index contributed by atoms with van der Waals surface area (Å²) in [6.45, 7) is 0. The summed E-state index contributed by atoms with van der Waals surface area (Å²) in [7, 11) is -8.58. The summed E-state index contributed by atoms with van der Waals surface area (Å²) in [5, 5.41) is 13.3. The van der Waals surface area contributed by atoms with Crippen LogP contribution in [0.1, 0.15) is 0 Å². The third-order valence-corrected chi connectivity index (χ3v) is 6.11. The van der Waals surface area contributed by atoms with Crippen LogP contribution in [0.3, 0.4) is 0 Å². The van der Waals surface area contributed by atoms with E-state index in [-0.39, 0.29) is 4.90 Å². The SMILES string of the molecule is O=[N+]([O-])c1ccc(OP(=O)(O)CNS(=O)(=O)c2ccsc2)c(F)c1. The number of nitro groups is 1. The number of hydrogen-bond acceptors (Lipinski definition) is 7. The Kier molecular flexibility index (Phi) is 5.35. The largest absolute Gasteiger partial charge is 0.420 e. The maximum Gasteiger partial charge on any atom is 0.391 e. The van der Waals surface area contributed by atoms with Gasteiger partial charge < -0.3 is 9.42 Å². The summed E-state index contributed by atoms with van der Waals surface area (Å²) in [6.07, 6.45) is -0.998. The first kappa shape index (κ1) is 18.5. The van der Waals surface area contributed by atoms with Crippen molar-refractivity contribution in [2.75, 3.05) is 6.29 Å². The fraction of sp³-hybridized carbons (Fsp3) is 0.0909. The minimum Gasteiger partial charge on any atom is -0.420 e. The molecule has 1 atom stereocenters. The van der Waals surface area contributed by atoms with Gasteiger partial charge >= 0.3 is 7.60 Å². The highest BCUT2D eigenvalue weighted by molar-refractivity contribution is 7.90. The zero-order valence-corrected chi connectivity index (χ0v) is 14.2. The van der Waals surface area contributed by atoms with Crippen LogP contribution in [0.2, 0.25) is 0 Å². The summed E-state index contributed by atoms with van der Waals surface area (Å²) < 4.78 is 55.6. The Balaban J connectivity index is 2.09. The van der Waals surface area contributed by atoms with Gasteiger partial charge in [-0.15, -0.1) is 0 Å². The lowest BCUT2D eigenvalue weighted by molar-refractivity contribution is -0.385. The molecule has 0 saturated carbocycles. The molecule has 2 N–H and O–H groups in total. The predicted molar refractivity (Wildman–Crippen MR) is 83.0 cm³/mol. The molecule has 0 amide bonds. The zero-order valence-electron chi connectivity index (χ0n) is 11.7. The molecule has 0 fully saturated rings. The number of rotatable bonds is 7. The van der Waals surface area contributed by atoms with Gasteiger partial charge in [-0.25, -0.2) is 17.4 Å². The summed E-state index contributed by atoms with van der Waals surface area (Å²) in [5.41, 5.74) is -0.564. The number of nitro benzene ring substituents is 1. The normalized spacial score (nSPS) is 14.1. The number of nitrogens with one attached hydrogen (secondary N) is 1. The molecule has 0 saturated heterocycles. The molecule has 1 heterocycles. The molecule has 0 bridgehead atoms. The smallest absolute Gasteiger partial charge is 0.391 e. The molecule has 2 rings (SSSR count). The third kappa shape index (κ3) is 4.58. The molecule has 0 radical (unpaired) electrons. The molecule has 13 heteroatoms. The second-order valence-corrected chi connectivity index (χ2v) is 8.69. The van der Waals surface area contributed by atoms with E-state index in [9.17, 15) is 32.4 Å². The Morgan fingerprint density at radius 2 is 2.12 bits per heavy atom. The van der Waals surface area contributed by atoms with E-state index in [2.05, 4.69) is 4.52 Å². The van der Waals surface area contributed by atoms with Crippen molar-refractivity contribution in [3.05, 3.63) is 51.0 Å². The highest BCUT2D eigenvalue weighted by Crippen LogP contribution is 2.43. The van der Waals surface area contributed by atoms with Gasteiger partial charge in [0.05, 0.1) is 15.9 Å². The van der Waals surface area contributed by atoms with E-state index in [1.165, 1.54) is 16.8 Å². The Hall–Kier alpha value is -1.85. The van der Waals surface area contributed by atoms with Gasteiger partial charge in [-0.1, -0.05) is 0 Å². The molecule has 9 nitrogen and oxygen atoms in total. The number of hydrogen-bond donors (Lipinski definition) is 2. The number of non-ortho nitro benzene ring substituents is 1. The van der Waals surface area contributed by atoms with Crippen LogP contribution < -0.4 is 9.25 Å². The average Bonchev–Trinajstić information content (AvgIpc) is 3.02. The number of thiophene rings is 1. The minimum absolute atomic E-state index is 0.0889. The van der Waals surface area contributed by atoms with Crippen LogP contribution in [0.25, 0.3) is 0 Å². The maximum atomic E-state index is 13.6. The van der Waals surface area contributed by atoms with Gasteiger partial charge in [-0.05, 0) is 17.5 Å². The van der Waals surface area contributed by atoms with Gasteiger partial charge in [0.2, 0.25) is 10.0 Å². The highest BCUT2D eigenvalue weighted by atomic mass is 32.2. The second-order valence-electron chi connectivity index (χ2n) is 4.37. The Morgan fingerprint density at radius 1 is 1.42 bits per heavy atom. The molecule has 24 heavy (non-hydrogen) atoms. The van der Waals surface area contributed by atoms with E-state index < -0.39 is 46.1 Å². The summed E-state index contributed by atoms with van der Waals surface area (Å²) in [4.78, 5) is 19.2. The van der Waals surface area contributed by atoms with Gasteiger partial charge in [0, 0.05) is 11.4 Å².